The second kappa shape index (κ2) is 28.4. The molecule has 518 valence electrons. The largest absolute Gasteiger partial charge is 0.394 e. The van der Waals surface area contributed by atoms with Crippen LogP contribution in [0.25, 0.3) is 0 Å². The number of allylic oxidation sites excluding steroid dienone is 2. The molecule has 3 aliphatic heterocycles. The molecule has 27 nitrogen and oxygen atoms in total. The minimum absolute atomic E-state index is 0.106. The van der Waals surface area contributed by atoms with Crippen LogP contribution in [0.2, 0.25) is 0 Å². The summed E-state index contributed by atoms with van der Waals surface area (Å²) in [5.74, 6) is -0.116. The molecule has 89 heavy (non-hydrogen) atoms. The Morgan fingerprint density at radius 2 is 1.12 bits per heavy atom. The van der Waals surface area contributed by atoms with E-state index in [2.05, 4.69) is 40.7 Å². The number of aliphatic hydroxyl groups is 17. The standard InChI is InChI=1S/C62H108O27/c1-27(66)41(68)34(22-64)84-29(3)80-24-36-44(71)47(74)50(77)55(86-36)88-40-15-16-59(9)38(58(40,7)8)14-17-61(11)39(59)13-12-31-32-20-57(5,6)52(78)53(79)62(32,19-18-60(31,61)10)26-82-56-51(89-54-49(76)46(73)42(69)28(2)83-54)48(75)45(72)37(87-56)25-81-30(4)85-35(23-65)43(70)33(67)21-63/h12,27-30,32-56,63-79H,13-26H2,1-11H3/t27?,28?,29?,30?,32?,33?,34?,35?,36?,37?,38?,39?,40-,41-,42-,43-,44+,45+,46?,47?,48?,49?,50?,51?,52-,53-,54-,55-,56+,59-,60+,61+,62-/m0/s1. The Labute approximate surface area is 521 Å². The van der Waals surface area contributed by atoms with Gasteiger partial charge in [0.15, 0.2) is 31.5 Å². The number of hydrogen-bond donors (Lipinski definition) is 17. The van der Waals surface area contributed by atoms with Crippen molar-refractivity contribution in [1.82, 2.24) is 0 Å². The minimum Gasteiger partial charge on any atom is -0.394 e. The van der Waals surface area contributed by atoms with Gasteiger partial charge in [-0.15, -0.1) is 0 Å². The highest BCUT2D eigenvalue weighted by Crippen LogP contribution is 2.76. The lowest BCUT2D eigenvalue weighted by molar-refractivity contribution is -0.372. The van der Waals surface area contributed by atoms with E-state index in [0.717, 1.165) is 24.8 Å². The molecule has 3 saturated heterocycles. The van der Waals surface area contributed by atoms with Crippen molar-refractivity contribution in [2.75, 3.05) is 39.6 Å². The van der Waals surface area contributed by atoms with E-state index in [-0.39, 0.29) is 41.8 Å². The van der Waals surface area contributed by atoms with E-state index in [1.165, 1.54) is 27.7 Å². The summed E-state index contributed by atoms with van der Waals surface area (Å²) in [6.07, 6.45) is -30.0. The Balaban J connectivity index is 1.02. The summed E-state index contributed by atoms with van der Waals surface area (Å²) in [7, 11) is 0. The van der Waals surface area contributed by atoms with Crippen LogP contribution in [0.5, 0.6) is 0 Å². The van der Waals surface area contributed by atoms with Gasteiger partial charge in [0, 0.05) is 5.41 Å². The van der Waals surface area contributed by atoms with Crippen LogP contribution in [0, 0.1) is 50.2 Å². The molecule has 33 atom stereocenters. The van der Waals surface area contributed by atoms with Gasteiger partial charge in [-0.25, -0.2) is 0 Å². The molecule has 0 amide bonds. The molecule has 8 aliphatic rings. The maximum Gasteiger partial charge on any atom is 0.187 e. The lowest BCUT2D eigenvalue weighted by atomic mass is 9.33. The number of fused-ring (bicyclic) bond motifs is 7. The Kier molecular flexibility index (Phi) is 23.4. The highest BCUT2D eigenvalue weighted by molar-refractivity contribution is 5.35. The first kappa shape index (κ1) is 73.5. The lowest BCUT2D eigenvalue weighted by Crippen LogP contribution is -2.69. The van der Waals surface area contributed by atoms with Crippen LogP contribution in [0.3, 0.4) is 0 Å². The van der Waals surface area contributed by atoms with Gasteiger partial charge in [-0.2, -0.15) is 0 Å². The van der Waals surface area contributed by atoms with Crippen molar-refractivity contribution in [3.05, 3.63) is 11.6 Å². The van der Waals surface area contributed by atoms with E-state index < -0.39 is 208 Å². The zero-order valence-electron chi connectivity index (χ0n) is 53.4. The van der Waals surface area contributed by atoms with Crippen LogP contribution in [-0.2, 0) is 47.4 Å². The molecule has 8 rings (SSSR count). The summed E-state index contributed by atoms with van der Waals surface area (Å²) in [6.45, 7) is 17.7. The van der Waals surface area contributed by atoms with E-state index in [1.807, 2.05) is 13.8 Å². The van der Waals surface area contributed by atoms with Gasteiger partial charge in [-0.05, 0) is 124 Å². The summed E-state index contributed by atoms with van der Waals surface area (Å²) >= 11 is 0. The third kappa shape index (κ3) is 13.7. The van der Waals surface area contributed by atoms with Gasteiger partial charge in [0.25, 0.3) is 0 Å². The van der Waals surface area contributed by atoms with Gasteiger partial charge < -0.3 is 134 Å². The number of hydrogen-bond acceptors (Lipinski definition) is 27. The molecule has 4 saturated carbocycles. The van der Waals surface area contributed by atoms with Gasteiger partial charge in [-0.1, -0.05) is 60.1 Å². The van der Waals surface area contributed by atoms with Gasteiger partial charge in [0.2, 0.25) is 0 Å². The summed E-state index contributed by atoms with van der Waals surface area (Å²) in [5.41, 5.74) is -2.31. The SMILES string of the molecule is CC(OCC1O[C@@H](O[C@H]2CC[C@@]3(C)C(CC[C@]4(C)C3CC=C3C5CC(C)(C)[C@@H](O)[C@H](O)[C@]5(CO[C@@H]5OC(COC(C)OC(CO)[C@@H](O)C(O)CO)[C@@H](O)C(O)C5O[C@@H]5OC(C)[C@H](O)C(O)C5O)CC[C@]34C)C2(C)C)C(O)C(O)[C@@H]1O)OC(CO)[C@@H](O)C(C)O. The number of ether oxygens (including phenoxy) is 10. The normalized spacial score (nSPS) is 47.4. The fourth-order valence-electron chi connectivity index (χ4n) is 17.3. The average molecular weight is 1290 g/mol. The zero-order chi connectivity index (χ0) is 66.0. The molecule has 7 fully saturated rings. The molecule has 0 bridgehead atoms. The fourth-order valence-corrected chi connectivity index (χ4v) is 17.3. The van der Waals surface area contributed by atoms with Gasteiger partial charge >= 0.3 is 0 Å². The first-order chi connectivity index (χ1) is 41.5. The van der Waals surface area contributed by atoms with E-state index in [4.69, 9.17) is 47.4 Å². The topological polar surface area (TPSA) is 436 Å². The van der Waals surface area contributed by atoms with E-state index in [1.54, 1.807) is 0 Å². The summed E-state index contributed by atoms with van der Waals surface area (Å²) < 4.78 is 60.8. The molecule has 17 N–H and O–H groups in total. The van der Waals surface area contributed by atoms with Crippen molar-refractivity contribution in [1.29, 1.82) is 0 Å². The highest BCUT2D eigenvalue weighted by Gasteiger charge is 2.71. The van der Waals surface area contributed by atoms with Gasteiger partial charge in [-0.3, -0.25) is 0 Å². The van der Waals surface area contributed by atoms with E-state index in [9.17, 15) is 86.8 Å². The van der Waals surface area contributed by atoms with Crippen molar-refractivity contribution < 1.29 is 134 Å². The monoisotopic (exact) mass is 1280 g/mol. The van der Waals surface area contributed by atoms with Crippen molar-refractivity contribution in [2.45, 2.75) is 287 Å². The average Bonchev–Trinajstić information content (AvgIpc) is 0.679. The maximum atomic E-state index is 12.7. The fraction of sp³-hybridized carbons (Fsp3) is 0.968. The van der Waals surface area contributed by atoms with E-state index in [0.29, 0.717) is 32.1 Å². The van der Waals surface area contributed by atoms with Crippen LogP contribution in [0.1, 0.15) is 128 Å². The first-order valence-electron chi connectivity index (χ1n) is 32.0. The molecular formula is C62H108O27. The van der Waals surface area contributed by atoms with Crippen LogP contribution in [-0.4, -0.2) is 286 Å². The molecule has 0 radical (unpaired) electrons. The van der Waals surface area contributed by atoms with Gasteiger partial charge in [0.05, 0.1) is 70.2 Å². The number of aliphatic hydroxyl groups excluding tert-OH is 17. The van der Waals surface area contributed by atoms with Gasteiger partial charge in [0.1, 0.15) is 97.7 Å². The molecule has 0 spiro atoms. The molecule has 5 aliphatic carbocycles. The molecular weight excluding hydrogens is 1180 g/mol. The first-order valence-corrected chi connectivity index (χ1v) is 32.0. The highest BCUT2D eigenvalue weighted by atomic mass is 16.8. The number of rotatable bonds is 24. The summed E-state index contributed by atoms with van der Waals surface area (Å²) in [4.78, 5) is 0. The third-order valence-corrected chi connectivity index (χ3v) is 23.2. The Bertz CT molecular complexity index is 2320. The summed E-state index contributed by atoms with van der Waals surface area (Å²) in [6, 6.07) is 0. The molecule has 0 aromatic carbocycles. The maximum absolute atomic E-state index is 12.7. The smallest absolute Gasteiger partial charge is 0.187 e. The molecule has 27 heteroatoms. The predicted molar refractivity (Wildman–Crippen MR) is 309 cm³/mol. The Hall–Kier alpha value is -1.34. The molecule has 0 aromatic rings. The molecule has 3 heterocycles. The Morgan fingerprint density at radius 3 is 1.70 bits per heavy atom. The van der Waals surface area contributed by atoms with Crippen molar-refractivity contribution in [3.8, 4) is 0 Å². The lowest BCUT2D eigenvalue weighted by Gasteiger charge is -2.72. The van der Waals surface area contributed by atoms with Crippen molar-refractivity contribution in [2.24, 2.45) is 50.2 Å². The van der Waals surface area contributed by atoms with Crippen molar-refractivity contribution in [3.63, 3.8) is 0 Å². The van der Waals surface area contributed by atoms with Crippen molar-refractivity contribution >= 4 is 0 Å². The van der Waals surface area contributed by atoms with Crippen LogP contribution >= 0.6 is 0 Å². The zero-order valence-corrected chi connectivity index (χ0v) is 53.4. The summed E-state index contributed by atoms with van der Waals surface area (Å²) in [5, 5.41) is 184. The minimum atomic E-state index is -1.86. The predicted octanol–water partition coefficient (Wildman–Crippen LogP) is -2.47. The second-order valence-corrected chi connectivity index (χ2v) is 29.3. The van der Waals surface area contributed by atoms with Crippen LogP contribution in [0.4, 0.5) is 0 Å². The Morgan fingerprint density at radius 1 is 0.573 bits per heavy atom. The second-order valence-electron chi connectivity index (χ2n) is 29.3. The third-order valence-electron chi connectivity index (χ3n) is 23.2. The quantitative estimate of drug-likeness (QED) is 0.0271. The molecule has 0 aromatic heterocycles. The van der Waals surface area contributed by atoms with E-state index >= 15 is 0 Å². The molecule has 18 unspecified atom stereocenters. The van der Waals surface area contributed by atoms with Crippen LogP contribution < -0.4 is 0 Å². The van der Waals surface area contributed by atoms with Crippen LogP contribution in [0.15, 0.2) is 11.6 Å².